The predicted octanol–water partition coefficient (Wildman–Crippen LogP) is 2.92. The Hall–Kier alpha value is -2.65. The van der Waals surface area contributed by atoms with Crippen LogP contribution in [0.3, 0.4) is 0 Å². The van der Waals surface area contributed by atoms with Gasteiger partial charge in [0.15, 0.2) is 0 Å². The van der Waals surface area contributed by atoms with E-state index in [1.54, 1.807) is 4.90 Å². The van der Waals surface area contributed by atoms with Gasteiger partial charge in [0, 0.05) is 6.54 Å². The van der Waals surface area contributed by atoms with Crippen LogP contribution >= 0.6 is 0 Å². The molecule has 0 aromatic rings. The lowest BCUT2D eigenvalue weighted by atomic mass is 9.80. The van der Waals surface area contributed by atoms with Gasteiger partial charge in [-0.1, -0.05) is 73.1 Å². The number of Topliss-reactive ketones (excluding diaryl/α,β-unsaturated/α-hetero) is 1. The quantitative estimate of drug-likeness (QED) is 0.350. The van der Waals surface area contributed by atoms with Gasteiger partial charge in [0.05, 0.1) is 12.6 Å². The standard InChI is InChI=1S/C30H48N4O6/c1-29(2,3)16-40-28(39)33-22(18-12-7-6-8-13-18)27(38)34-15-19-21(30(19,4)5)23(34)26(37)32-20(24(35)25(31)36)14-17-10-9-11-17/h17-23H,6-16H2,1-5H3,(H2,31,36)(H,32,37)(H,33,39)/t19?,20?,21?,22?,23-/m0/s1. The number of nitrogens with two attached hydrogens (primary N) is 1. The Morgan fingerprint density at radius 2 is 1.62 bits per heavy atom. The molecular weight excluding hydrogens is 512 g/mol. The van der Waals surface area contributed by atoms with E-state index in [0.717, 1.165) is 51.4 Å². The van der Waals surface area contributed by atoms with Crippen molar-refractivity contribution in [1.82, 2.24) is 15.5 Å². The summed E-state index contributed by atoms with van der Waals surface area (Å²) >= 11 is 0. The Morgan fingerprint density at radius 3 is 2.17 bits per heavy atom. The Labute approximate surface area is 237 Å². The summed E-state index contributed by atoms with van der Waals surface area (Å²) in [6, 6.07) is -2.56. The second kappa shape index (κ2) is 11.7. The minimum atomic E-state index is -1.07. The Bertz CT molecular complexity index is 1010. The summed E-state index contributed by atoms with van der Waals surface area (Å²) in [5.74, 6) is -2.27. The zero-order chi connectivity index (χ0) is 29.4. The number of piperidine rings is 1. The van der Waals surface area contributed by atoms with E-state index in [-0.39, 0.29) is 47.0 Å². The van der Waals surface area contributed by atoms with Crippen molar-refractivity contribution in [3.8, 4) is 0 Å². The summed E-state index contributed by atoms with van der Waals surface area (Å²) in [6.07, 6.45) is 7.39. The molecule has 0 bridgehead atoms. The lowest BCUT2D eigenvalue weighted by Gasteiger charge is -2.37. The van der Waals surface area contributed by atoms with Gasteiger partial charge in [0.25, 0.3) is 5.91 Å². The third kappa shape index (κ3) is 6.62. The number of likely N-dealkylation sites (tertiary alicyclic amines) is 1. The van der Waals surface area contributed by atoms with Crippen LogP contribution in [0.1, 0.15) is 92.4 Å². The first-order valence-electron chi connectivity index (χ1n) is 15.1. The number of rotatable bonds is 10. The molecule has 1 saturated heterocycles. The van der Waals surface area contributed by atoms with Crippen LogP contribution in [-0.2, 0) is 23.9 Å². The molecule has 40 heavy (non-hydrogen) atoms. The predicted molar refractivity (Wildman–Crippen MR) is 149 cm³/mol. The van der Waals surface area contributed by atoms with Gasteiger partial charge in [-0.25, -0.2) is 4.79 Å². The van der Waals surface area contributed by atoms with E-state index in [1.807, 2.05) is 20.8 Å². The average Bonchev–Trinajstić information content (AvgIpc) is 3.19. The first-order valence-corrected chi connectivity index (χ1v) is 15.1. The van der Waals surface area contributed by atoms with Crippen LogP contribution in [0.5, 0.6) is 0 Å². The second-order valence-electron chi connectivity index (χ2n) is 14.4. The normalized spacial score (nSPS) is 27.5. The van der Waals surface area contributed by atoms with E-state index >= 15 is 0 Å². The number of carbonyl (C=O) groups excluding carboxylic acids is 5. The number of nitrogens with zero attached hydrogens (tertiary/aromatic N) is 1. The Kier molecular flexibility index (Phi) is 8.85. The van der Waals surface area contributed by atoms with Gasteiger partial charge in [-0.15, -0.1) is 0 Å². The molecule has 4 amide bonds. The first kappa shape index (κ1) is 30.3. The van der Waals surface area contributed by atoms with Crippen LogP contribution in [0, 0.1) is 34.5 Å². The number of hydrogen-bond donors (Lipinski definition) is 3. The fourth-order valence-electron chi connectivity index (χ4n) is 7.01. The van der Waals surface area contributed by atoms with E-state index in [2.05, 4.69) is 24.5 Å². The molecule has 0 aromatic heterocycles. The zero-order valence-electron chi connectivity index (χ0n) is 24.8. The SMILES string of the molecule is CC(C)(C)COC(=O)NC(C(=O)N1CC2C([C@H]1C(=O)NC(CC1CCC1)C(=O)C(N)=O)C2(C)C)C1CCCCC1. The summed E-state index contributed by atoms with van der Waals surface area (Å²) in [5.41, 5.74) is 4.97. The molecule has 1 aliphatic heterocycles. The van der Waals surface area contributed by atoms with Gasteiger partial charge in [-0.3, -0.25) is 19.2 Å². The van der Waals surface area contributed by atoms with Crippen molar-refractivity contribution in [1.29, 1.82) is 0 Å². The topological polar surface area (TPSA) is 148 Å². The van der Waals surface area contributed by atoms with Gasteiger partial charge in [-0.2, -0.15) is 0 Å². The third-order valence-corrected chi connectivity index (χ3v) is 9.73. The fourth-order valence-corrected chi connectivity index (χ4v) is 7.01. The van der Waals surface area contributed by atoms with Crippen LogP contribution in [-0.4, -0.2) is 65.8 Å². The van der Waals surface area contributed by atoms with Crippen LogP contribution in [0.25, 0.3) is 0 Å². The summed E-state index contributed by atoms with van der Waals surface area (Å²) in [7, 11) is 0. The number of amides is 4. The van der Waals surface area contributed by atoms with Crippen LogP contribution in [0.2, 0.25) is 0 Å². The van der Waals surface area contributed by atoms with Gasteiger partial charge in [0.1, 0.15) is 12.1 Å². The molecule has 5 atom stereocenters. The lowest BCUT2D eigenvalue weighted by molar-refractivity contribution is -0.144. The van der Waals surface area contributed by atoms with E-state index in [0.29, 0.717) is 13.0 Å². The number of ketones is 1. The fraction of sp³-hybridized carbons (Fsp3) is 0.833. The molecule has 0 aromatic carbocycles. The van der Waals surface area contributed by atoms with Crippen molar-refractivity contribution in [2.45, 2.75) is 111 Å². The highest BCUT2D eigenvalue weighted by Crippen LogP contribution is 2.65. The number of fused-ring (bicyclic) bond motifs is 1. The minimum Gasteiger partial charge on any atom is -0.449 e. The third-order valence-electron chi connectivity index (χ3n) is 9.73. The molecule has 3 saturated carbocycles. The number of nitrogens with one attached hydrogen (secondary N) is 2. The van der Waals surface area contributed by atoms with Crippen molar-refractivity contribution in [2.24, 2.45) is 40.2 Å². The number of primary amides is 1. The molecule has 4 aliphatic rings. The summed E-state index contributed by atoms with van der Waals surface area (Å²) in [4.78, 5) is 66.8. The van der Waals surface area contributed by atoms with E-state index in [1.165, 1.54) is 0 Å². The van der Waals surface area contributed by atoms with Gasteiger partial charge in [-0.05, 0) is 53.8 Å². The highest BCUT2D eigenvalue weighted by atomic mass is 16.5. The molecule has 4 N–H and O–H groups in total. The van der Waals surface area contributed by atoms with E-state index in [9.17, 15) is 24.0 Å². The smallest absolute Gasteiger partial charge is 0.407 e. The van der Waals surface area contributed by atoms with Crippen LogP contribution in [0.15, 0.2) is 0 Å². The molecule has 0 spiro atoms. The van der Waals surface area contributed by atoms with Gasteiger partial charge >= 0.3 is 6.09 Å². The Morgan fingerprint density at radius 1 is 0.975 bits per heavy atom. The molecule has 10 nitrogen and oxygen atoms in total. The molecule has 4 unspecified atom stereocenters. The Balaban J connectivity index is 1.53. The number of hydrogen-bond acceptors (Lipinski definition) is 6. The molecule has 1 heterocycles. The van der Waals surface area contributed by atoms with E-state index < -0.39 is 41.8 Å². The van der Waals surface area contributed by atoms with Crippen molar-refractivity contribution >= 4 is 29.6 Å². The monoisotopic (exact) mass is 560 g/mol. The van der Waals surface area contributed by atoms with Crippen molar-refractivity contribution in [2.75, 3.05) is 13.2 Å². The molecule has 4 fully saturated rings. The van der Waals surface area contributed by atoms with E-state index in [4.69, 9.17) is 10.5 Å². The van der Waals surface area contributed by atoms with Crippen LogP contribution in [0.4, 0.5) is 4.79 Å². The first-order chi connectivity index (χ1) is 18.7. The summed E-state index contributed by atoms with van der Waals surface area (Å²) in [6.45, 7) is 10.7. The maximum absolute atomic E-state index is 14.2. The number of alkyl carbamates (subject to hydrolysis) is 1. The minimum absolute atomic E-state index is 0.0418. The van der Waals surface area contributed by atoms with Crippen molar-refractivity contribution in [3.05, 3.63) is 0 Å². The maximum atomic E-state index is 14.2. The summed E-state index contributed by atoms with van der Waals surface area (Å²) in [5, 5.41) is 5.68. The van der Waals surface area contributed by atoms with Gasteiger partial charge in [0.2, 0.25) is 17.6 Å². The molecule has 3 aliphatic carbocycles. The molecular formula is C30H48N4O6. The van der Waals surface area contributed by atoms with Crippen molar-refractivity contribution in [3.63, 3.8) is 0 Å². The number of carbonyl (C=O) groups is 5. The second-order valence-corrected chi connectivity index (χ2v) is 14.4. The van der Waals surface area contributed by atoms with Crippen LogP contribution < -0.4 is 16.4 Å². The molecule has 10 heteroatoms. The average molecular weight is 561 g/mol. The lowest BCUT2D eigenvalue weighted by Crippen LogP contribution is -2.59. The maximum Gasteiger partial charge on any atom is 0.407 e. The molecule has 0 radical (unpaired) electrons. The van der Waals surface area contributed by atoms with Gasteiger partial charge < -0.3 is 26.0 Å². The molecule has 4 rings (SSSR count). The van der Waals surface area contributed by atoms with Crippen molar-refractivity contribution < 1.29 is 28.7 Å². The zero-order valence-corrected chi connectivity index (χ0v) is 24.8. The largest absolute Gasteiger partial charge is 0.449 e. The summed E-state index contributed by atoms with van der Waals surface area (Å²) < 4.78 is 5.45. The molecule has 224 valence electrons. The highest BCUT2D eigenvalue weighted by Gasteiger charge is 2.69. The number of ether oxygens (including phenoxy) is 1. The highest BCUT2D eigenvalue weighted by molar-refractivity contribution is 6.37.